The molecule has 0 amide bonds. The second-order valence-corrected chi connectivity index (χ2v) is 8.22. The molecule has 0 N–H and O–H groups in total. The van der Waals surface area contributed by atoms with Crippen molar-refractivity contribution in [2.24, 2.45) is 5.92 Å². The van der Waals surface area contributed by atoms with Gasteiger partial charge in [0.2, 0.25) is 0 Å². The van der Waals surface area contributed by atoms with Crippen LogP contribution in [0.4, 0.5) is 0 Å². The zero-order valence-corrected chi connectivity index (χ0v) is 18.2. The fraction of sp³-hybridized carbons (Fsp3) is 0.600. The molecule has 0 rings (SSSR count). The minimum atomic E-state index is 0.625. The van der Waals surface area contributed by atoms with Crippen molar-refractivity contribution in [3.05, 3.63) is 58.2 Å². The van der Waals surface area contributed by atoms with E-state index in [0.29, 0.717) is 5.92 Å². The summed E-state index contributed by atoms with van der Waals surface area (Å²) >= 11 is 0. The van der Waals surface area contributed by atoms with Gasteiger partial charge in [-0.25, -0.2) is 0 Å². The molecular formula is C25H42. The fourth-order valence-electron chi connectivity index (χ4n) is 2.74. The molecule has 0 saturated heterocycles. The van der Waals surface area contributed by atoms with Gasteiger partial charge in [-0.2, -0.15) is 0 Å². The lowest BCUT2D eigenvalue weighted by atomic mass is 9.94. The Labute approximate surface area is 158 Å². The van der Waals surface area contributed by atoms with E-state index in [2.05, 4.69) is 85.8 Å². The number of rotatable bonds is 11. The largest absolute Gasteiger partial charge is 0.0856 e. The summed E-state index contributed by atoms with van der Waals surface area (Å²) in [5.41, 5.74) is 7.31. The number of hydrogen-bond acceptors (Lipinski definition) is 0. The molecule has 0 spiro atoms. The minimum absolute atomic E-state index is 0.625. The van der Waals surface area contributed by atoms with Crippen LogP contribution in [0.5, 0.6) is 0 Å². The highest BCUT2D eigenvalue weighted by molar-refractivity contribution is 5.10. The quantitative estimate of drug-likeness (QED) is 0.329. The summed E-state index contributed by atoms with van der Waals surface area (Å²) in [6.07, 6.45) is 19.0. The molecule has 1 atom stereocenters. The maximum absolute atomic E-state index is 2.51. The van der Waals surface area contributed by atoms with E-state index >= 15 is 0 Å². The van der Waals surface area contributed by atoms with Crippen molar-refractivity contribution in [2.45, 2.75) is 93.9 Å². The molecule has 0 aromatic carbocycles. The van der Waals surface area contributed by atoms with Gasteiger partial charge in [-0.05, 0) is 99.8 Å². The molecule has 0 aliphatic heterocycles. The van der Waals surface area contributed by atoms with Gasteiger partial charge >= 0.3 is 0 Å². The van der Waals surface area contributed by atoms with Crippen LogP contribution in [0.2, 0.25) is 0 Å². The first kappa shape index (κ1) is 23.7. The van der Waals surface area contributed by atoms with Crippen LogP contribution in [0, 0.1) is 5.92 Å². The van der Waals surface area contributed by atoms with Crippen molar-refractivity contribution < 1.29 is 0 Å². The summed E-state index contributed by atoms with van der Waals surface area (Å²) < 4.78 is 0. The Hall–Kier alpha value is -1.30. The van der Waals surface area contributed by atoms with Crippen LogP contribution in [-0.4, -0.2) is 0 Å². The van der Waals surface area contributed by atoms with Crippen molar-refractivity contribution in [3.63, 3.8) is 0 Å². The molecule has 0 nitrogen and oxygen atoms in total. The van der Waals surface area contributed by atoms with Crippen molar-refractivity contribution >= 4 is 0 Å². The molecule has 0 heteroatoms. The monoisotopic (exact) mass is 342 g/mol. The fourth-order valence-corrected chi connectivity index (χ4v) is 2.74. The van der Waals surface area contributed by atoms with Crippen LogP contribution in [0.3, 0.4) is 0 Å². The highest BCUT2D eigenvalue weighted by Crippen LogP contribution is 2.20. The minimum Gasteiger partial charge on any atom is -0.0856 e. The van der Waals surface area contributed by atoms with Crippen LogP contribution < -0.4 is 0 Å². The van der Waals surface area contributed by atoms with Crippen molar-refractivity contribution in [3.8, 4) is 0 Å². The Bertz CT molecular complexity index is 508. The predicted molar refractivity (Wildman–Crippen MR) is 117 cm³/mol. The van der Waals surface area contributed by atoms with E-state index in [1.807, 2.05) is 0 Å². The third kappa shape index (κ3) is 15.9. The van der Waals surface area contributed by atoms with E-state index in [9.17, 15) is 0 Å². The summed E-state index contributed by atoms with van der Waals surface area (Å²) in [4.78, 5) is 0. The third-order valence-electron chi connectivity index (χ3n) is 4.30. The van der Waals surface area contributed by atoms with Crippen LogP contribution in [-0.2, 0) is 0 Å². The third-order valence-corrected chi connectivity index (χ3v) is 4.30. The molecule has 0 saturated carbocycles. The molecule has 0 aromatic heterocycles. The average molecular weight is 343 g/mol. The smallest absolute Gasteiger partial charge is 0.0162 e. The van der Waals surface area contributed by atoms with Crippen molar-refractivity contribution in [1.82, 2.24) is 0 Å². The van der Waals surface area contributed by atoms with Crippen LogP contribution in [0.25, 0.3) is 0 Å². The van der Waals surface area contributed by atoms with E-state index in [1.54, 1.807) is 0 Å². The van der Waals surface area contributed by atoms with Gasteiger partial charge in [0.1, 0.15) is 0 Å². The first-order valence-electron chi connectivity index (χ1n) is 9.93. The summed E-state index contributed by atoms with van der Waals surface area (Å²) in [5.74, 6) is 0.625. The van der Waals surface area contributed by atoms with Crippen molar-refractivity contribution in [2.75, 3.05) is 0 Å². The Morgan fingerprint density at radius 3 is 1.48 bits per heavy atom. The molecule has 25 heavy (non-hydrogen) atoms. The van der Waals surface area contributed by atoms with Gasteiger partial charge in [-0.1, -0.05) is 58.2 Å². The van der Waals surface area contributed by atoms with E-state index in [-0.39, 0.29) is 0 Å². The predicted octanol–water partition coefficient (Wildman–Crippen LogP) is 8.73. The Balaban J connectivity index is 4.78. The molecule has 0 heterocycles. The Kier molecular flexibility index (Phi) is 13.2. The molecule has 0 radical (unpaired) electrons. The average Bonchev–Trinajstić information content (AvgIpc) is 2.49. The summed E-state index contributed by atoms with van der Waals surface area (Å²) in [6.45, 7) is 17.7. The standard InChI is InChI=1S/C25H42/c1-20(2)11-9-13-23(7)16-18-25(17-15-22(5)6)19-24(8)14-10-12-21(3)4/h11-12,15-16,19,25H,9-10,13-14,17-18H2,1-8H3/b23-16+,24-19+. The topological polar surface area (TPSA) is 0 Å². The lowest BCUT2D eigenvalue weighted by molar-refractivity contribution is 0.658. The molecule has 0 aliphatic carbocycles. The number of allylic oxidation sites excluding steroid dienone is 10. The van der Waals surface area contributed by atoms with Gasteiger partial charge in [-0.15, -0.1) is 0 Å². The van der Waals surface area contributed by atoms with Gasteiger partial charge in [0, 0.05) is 0 Å². The zero-order valence-electron chi connectivity index (χ0n) is 18.2. The summed E-state index contributed by atoms with van der Waals surface area (Å²) in [7, 11) is 0. The molecular weight excluding hydrogens is 300 g/mol. The molecule has 0 bridgehead atoms. The summed E-state index contributed by atoms with van der Waals surface area (Å²) in [5, 5.41) is 0. The molecule has 0 aromatic rings. The van der Waals surface area contributed by atoms with Crippen LogP contribution in [0.1, 0.15) is 93.9 Å². The lowest BCUT2D eigenvalue weighted by Gasteiger charge is -2.12. The molecule has 142 valence electrons. The van der Waals surface area contributed by atoms with Gasteiger partial charge in [0.05, 0.1) is 0 Å². The molecule has 0 fully saturated rings. The molecule has 1 unspecified atom stereocenters. The Morgan fingerprint density at radius 2 is 1.00 bits per heavy atom. The summed E-state index contributed by atoms with van der Waals surface area (Å²) in [6, 6.07) is 0. The van der Waals surface area contributed by atoms with E-state index in [4.69, 9.17) is 0 Å². The van der Waals surface area contributed by atoms with Crippen LogP contribution in [0.15, 0.2) is 58.2 Å². The highest BCUT2D eigenvalue weighted by Gasteiger charge is 2.04. The van der Waals surface area contributed by atoms with E-state index in [1.165, 1.54) is 47.1 Å². The van der Waals surface area contributed by atoms with E-state index in [0.717, 1.165) is 19.3 Å². The highest BCUT2D eigenvalue weighted by atomic mass is 14.1. The normalized spacial score (nSPS) is 13.3. The molecule has 0 aliphatic rings. The maximum atomic E-state index is 2.51. The van der Waals surface area contributed by atoms with Gasteiger partial charge in [0.15, 0.2) is 0 Å². The Morgan fingerprint density at radius 1 is 0.560 bits per heavy atom. The van der Waals surface area contributed by atoms with Crippen LogP contribution >= 0.6 is 0 Å². The maximum Gasteiger partial charge on any atom is -0.0162 e. The SMILES string of the molecule is CC(C)=CCC/C(C)=C/CC(/C=C(\C)CCC=C(C)C)CC=C(C)C. The number of hydrogen-bond donors (Lipinski definition) is 0. The second kappa shape index (κ2) is 13.9. The van der Waals surface area contributed by atoms with Gasteiger partial charge in [0.25, 0.3) is 0 Å². The van der Waals surface area contributed by atoms with Crippen molar-refractivity contribution in [1.29, 1.82) is 0 Å². The zero-order chi connectivity index (χ0) is 19.2. The lowest BCUT2D eigenvalue weighted by Crippen LogP contribution is -1.96. The van der Waals surface area contributed by atoms with Gasteiger partial charge in [-0.3, -0.25) is 0 Å². The first-order valence-corrected chi connectivity index (χ1v) is 9.93. The first-order chi connectivity index (χ1) is 11.7. The second-order valence-electron chi connectivity index (χ2n) is 8.22. The van der Waals surface area contributed by atoms with E-state index < -0.39 is 0 Å². The van der Waals surface area contributed by atoms with Gasteiger partial charge < -0.3 is 0 Å².